The minimum Gasteiger partial charge on any atom is -0.496 e. The zero-order valence-electron chi connectivity index (χ0n) is 11.6. The second-order valence-electron chi connectivity index (χ2n) is 4.79. The van der Waals surface area contributed by atoms with Gasteiger partial charge < -0.3 is 10.1 Å². The predicted molar refractivity (Wildman–Crippen MR) is 77.3 cm³/mol. The summed E-state index contributed by atoms with van der Waals surface area (Å²) in [5.41, 5.74) is 0.561. The van der Waals surface area contributed by atoms with Crippen molar-refractivity contribution in [2.24, 2.45) is 5.92 Å². The lowest BCUT2D eigenvalue weighted by Gasteiger charge is -2.11. The fraction of sp³-hybridized carbons (Fsp3) is 0.462. The van der Waals surface area contributed by atoms with Gasteiger partial charge in [0.25, 0.3) is 9.05 Å². The molecule has 5 nitrogen and oxygen atoms in total. The highest BCUT2D eigenvalue weighted by molar-refractivity contribution is 8.13. The molecule has 0 saturated carbocycles. The number of carbonyl (C=O) groups is 1. The summed E-state index contributed by atoms with van der Waals surface area (Å²) in [4.78, 5) is 11.6. The summed E-state index contributed by atoms with van der Waals surface area (Å²) in [6.07, 6.45) is 0.413. The van der Waals surface area contributed by atoms with Crippen molar-refractivity contribution >= 4 is 25.6 Å². The number of hydrogen-bond donors (Lipinski definition) is 1. The molecule has 0 aromatic heterocycles. The van der Waals surface area contributed by atoms with Crippen molar-refractivity contribution in [1.29, 1.82) is 0 Å². The van der Waals surface area contributed by atoms with Gasteiger partial charge in [-0.3, -0.25) is 4.79 Å². The lowest BCUT2D eigenvalue weighted by atomic mass is 10.1. The quantitative estimate of drug-likeness (QED) is 0.816. The largest absolute Gasteiger partial charge is 0.496 e. The van der Waals surface area contributed by atoms with Crippen molar-refractivity contribution in [3.63, 3.8) is 0 Å². The Kier molecular flexibility index (Phi) is 5.83. The van der Waals surface area contributed by atoms with Gasteiger partial charge >= 0.3 is 0 Å². The van der Waals surface area contributed by atoms with E-state index in [4.69, 9.17) is 15.4 Å². The molecule has 0 spiro atoms. The topological polar surface area (TPSA) is 72.5 Å². The third kappa shape index (κ3) is 5.02. The van der Waals surface area contributed by atoms with Crippen LogP contribution in [0.5, 0.6) is 5.75 Å². The molecule has 0 radical (unpaired) electrons. The van der Waals surface area contributed by atoms with Gasteiger partial charge in [0.1, 0.15) is 5.75 Å². The van der Waals surface area contributed by atoms with Crippen LogP contribution in [0.2, 0.25) is 0 Å². The van der Waals surface area contributed by atoms with E-state index in [2.05, 4.69) is 5.32 Å². The van der Waals surface area contributed by atoms with E-state index in [0.717, 1.165) is 0 Å². The molecule has 1 amide bonds. The maximum Gasteiger partial charge on any atom is 0.261 e. The average Bonchev–Trinajstić information content (AvgIpc) is 2.34. The molecule has 0 saturated heterocycles. The molecule has 0 atom stereocenters. The van der Waals surface area contributed by atoms with Crippen LogP contribution >= 0.6 is 10.7 Å². The van der Waals surface area contributed by atoms with Crippen molar-refractivity contribution in [1.82, 2.24) is 5.32 Å². The first-order valence-electron chi connectivity index (χ1n) is 6.12. The number of carbonyl (C=O) groups excluding carboxylic acids is 1. The van der Waals surface area contributed by atoms with Crippen molar-refractivity contribution in [3.8, 4) is 5.75 Å². The van der Waals surface area contributed by atoms with Crippen LogP contribution in [0.4, 0.5) is 0 Å². The molecule has 1 aromatic carbocycles. The van der Waals surface area contributed by atoms with Gasteiger partial charge in [0.15, 0.2) is 0 Å². The summed E-state index contributed by atoms with van der Waals surface area (Å²) in [5.74, 6) is 0.659. The number of halogens is 1. The number of benzene rings is 1. The Morgan fingerprint density at radius 1 is 1.40 bits per heavy atom. The second kappa shape index (κ2) is 6.95. The first-order valence-corrected chi connectivity index (χ1v) is 8.43. The molecule has 0 unspecified atom stereocenters. The van der Waals surface area contributed by atoms with E-state index in [0.29, 0.717) is 17.7 Å². The summed E-state index contributed by atoms with van der Waals surface area (Å²) >= 11 is 0. The summed E-state index contributed by atoms with van der Waals surface area (Å²) in [6.45, 7) is 4.08. The number of nitrogens with one attached hydrogen (secondary N) is 1. The van der Waals surface area contributed by atoms with E-state index in [9.17, 15) is 13.2 Å². The lowest BCUT2D eigenvalue weighted by Crippen LogP contribution is -2.24. The van der Waals surface area contributed by atoms with E-state index in [-0.39, 0.29) is 23.3 Å². The molecule has 1 N–H and O–H groups in total. The standard InChI is InChI=1S/C13H18ClNO4S/c1-9(2)6-13(16)15-8-10-7-11(20(14,17)18)4-5-12(10)19-3/h4-5,7,9H,6,8H2,1-3H3,(H,15,16). The highest BCUT2D eigenvalue weighted by atomic mass is 35.7. The summed E-state index contributed by atoms with van der Waals surface area (Å²) in [6, 6.07) is 4.27. The molecule has 20 heavy (non-hydrogen) atoms. The number of methoxy groups -OCH3 is 1. The van der Waals surface area contributed by atoms with Gasteiger partial charge in [0.2, 0.25) is 5.91 Å². The summed E-state index contributed by atoms with van der Waals surface area (Å²) in [5, 5.41) is 2.73. The SMILES string of the molecule is COc1ccc(S(=O)(=O)Cl)cc1CNC(=O)CC(C)C. The Labute approximate surface area is 123 Å². The smallest absolute Gasteiger partial charge is 0.261 e. The van der Waals surface area contributed by atoms with Gasteiger partial charge in [-0.15, -0.1) is 0 Å². The van der Waals surface area contributed by atoms with E-state index >= 15 is 0 Å². The second-order valence-corrected chi connectivity index (χ2v) is 7.35. The fourth-order valence-corrected chi connectivity index (χ4v) is 2.48. The number of rotatable bonds is 6. The maximum absolute atomic E-state index is 11.6. The fourth-order valence-electron chi connectivity index (χ4n) is 1.68. The predicted octanol–water partition coefficient (Wildman–Crippen LogP) is 2.29. The lowest BCUT2D eigenvalue weighted by molar-refractivity contribution is -0.121. The van der Waals surface area contributed by atoms with Crippen molar-refractivity contribution in [2.45, 2.75) is 31.7 Å². The number of amides is 1. The Morgan fingerprint density at radius 2 is 2.05 bits per heavy atom. The molecule has 1 rings (SSSR count). The van der Waals surface area contributed by atoms with Crippen LogP contribution in [0.1, 0.15) is 25.8 Å². The highest BCUT2D eigenvalue weighted by Crippen LogP contribution is 2.24. The molecule has 0 aliphatic heterocycles. The number of ether oxygens (including phenoxy) is 1. The van der Waals surface area contributed by atoms with Crippen LogP contribution in [0, 0.1) is 5.92 Å². The Hall–Kier alpha value is -1.27. The van der Waals surface area contributed by atoms with E-state index in [1.165, 1.54) is 25.3 Å². The van der Waals surface area contributed by atoms with Crippen LogP contribution in [-0.4, -0.2) is 21.4 Å². The zero-order chi connectivity index (χ0) is 15.3. The highest BCUT2D eigenvalue weighted by Gasteiger charge is 2.14. The third-order valence-electron chi connectivity index (χ3n) is 2.60. The van der Waals surface area contributed by atoms with Crippen LogP contribution in [0.3, 0.4) is 0 Å². The molecular formula is C13H18ClNO4S. The third-order valence-corrected chi connectivity index (χ3v) is 3.95. The Bertz CT molecular complexity index is 584. The van der Waals surface area contributed by atoms with Crippen LogP contribution in [-0.2, 0) is 20.4 Å². The average molecular weight is 320 g/mol. The molecule has 0 fully saturated rings. The Morgan fingerprint density at radius 3 is 2.55 bits per heavy atom. The zero-order valence-corrected chi connectivity index (χ0v) is 13.2. The van der Waals surface area contributed by atoms with Crippen LogP contribution < -0.4 is 10.1 Å². The van der Waals surface area contributed by atoms with E-state index < -0.39 is 9.05 Å². The molecule has 1 aromatic rings. The van der Waals surface area contributed by atoms with Crippen LogP contribution in [0.25, 0.3) is 0 Å². The van der Waals surface area contributed by atoms with Gasteiger partial charge in [0, 0.05) is 29.2 Å². The summed E-state index contributed by atoms with van der Waals surface area (Å²) in [7, 11) is 2.97. The maximum atomic E-state index is 11.6. The molecular weight excluding hydrogens is 302 g/mol. The minimum atomic E-state index is -3.80. The van der Waals surface area contributed by atoms with Crippen molar-refractivity contribution < 1.29 is 17.9 Å². The van der Waals surface area contributed by atoms with Crippen molar-refractivity contribution in [3.05, 3.63) is 23.8 Å². The molecule has 0 aliphatic carbocycles. The van der Waals surface area contributed by atoms with E-state index in [1.54, 1.807) is 0 Å². The normalized spacial score (nSPS) is 11.4. The molecule has 0 heterocycles. The summed E-state index contributed by atoms with van der Waals surface area (Å²) < 4.78 is 27.7. The van der Waals surface area contributed by atoms with Gasteiger partial charge in [-0.1, -0.05) is 13.8 Å². The van der Waals surface area contributed by atoms with E-state index in [1.807, 2.05) is 13.8 Å². The molecule has 7 heteroatoms. The minimum absolute atomic E-state index is 0.0203. The number of hydrogen-bond acceptors (Lipinski definition) is 4. The van der Waals surface area contributed by atoms with Gasteiger partial charge in [-0.05, 0) is 24.1 Å². The van der Waals surface area contributed by atoms with Crippen molar-refractivity contribution in [2.75, 3.05) is 7.11 Å². The first kappa shape index (κ1) is 16.8. The van der Waals surface area contributed by atoms with Crippen LogP contribution in [0.15, 0.2) is 23.1 Å². The Balaban J connectivity index is 2.90. The van der Waals surface area contributed by atoms with Gasteiger partial charge in [-0.25, -0.2) is 8.42 Å². The van der Waals surface area contributed by atoms with Gasteiger partial charge in [-0.2, -0.15) is 0 Å². The molecule has 0 bridgehead atoms. The first-order chi connectivity index (χ1) is 9.24. The molecule has 0 aliphatic rings. The monoisotopic (exact) mass is 319 g/mol. The molecule has 112 valence electrons. The van der Waals surface area contributed by atoms with Gasteiger partial charge in [0.05, 0.1) is 12.0 Å².